The third kappa shape index (κ3) is 2.40. The Morgan fingerprint density at radius 1 is 1.44 bits per heavy atom. The van der Waals surface area contributed by atoms with E-state index in [1.807, 2.05) is 4.90 Å². The number of nitrogens with zero attached hydrogens (tertiary/aromatic N) is 3. The lowest BCUT2D eigenvalue weighted by atomic mass is 9.91. The maximum Gasteiger partial charge on any atom is 0.257 e. The van der Waals surface area contributed by atoms with Crippen molar-refractivity contribution in [1.29, 1.82) is 0 Å². The Labute approximate surface area is 103 Å². The predicted octanol–water partition coefficient (Wildman–Crippen LogP) is 1.87. The Bertz CT molecular complexity index is 354. The average molecular weight is 284 g/mol. The van der Waals surface area contributed by atoms with Crippen molar-refractivity contribution in [2.45, 2.75) is 25.3 Å². The van der Waals surface area contributed by atoms with E-state index in [1.165, 1.54) is 12.7 Å². The summed E-state index contributed by atoms with van der Waals surface area (Å²) in [7, 11) is 0. The van der Waals surface area contributed by atoms with E-state index in [0.717, 1.165) is 24.7 Å². The lowest BCUT2D eigenvalue weighted by molar-refractivity contribution is 0.0598. The first-order valence-electron chi connectivity index (χ1n) is 5.45. The Hall–Kier alpha value is -0.970. The number of carbonyl (C=O) groups is 1. The Morgan fingerprint density at radius 2 is 2.12 bits per heavy atom. The van der Waals surface area contributed by atoms with E-state index in [9.17, 15) is 4.79 Å². The van der Waals surface area contributed by atoms with Crippen LogP contribution in [0.15, 0.2) is 18.7 Å². The summed E-state index contributed by atoms with van der Waals surface area (Å²) in [5, 5.41) is 0.808. The van der Waals surface area contributed by atoms with Crippen LogP contribution in [-0.4, -0.2) is 38.7 Å². The molecule has 1 aromatic rings. The molecule has 1 saturated carbocycles. The Morgan fingerprint density at radius 3 is 2.62 bits per heavy atom. The van der Waals surface area contributed by atoms with E-state index < -0.39 is 0 Å². The van der Waals surface area contributed by atoms with Gasteiger partial charge in [-0.05, 0) is 19.3 Å². The number of hydrogen-bond acceptors (Lipinski definition) is 3. The average Bonchev–Trinajstić information content (AvgIpc) is 2.26. The van der Waals surface area contributed by atoms with Crippen LogP contribution in [0.1, 0.15) is 29.6 Å². The van der Waals surface area contributed by atoms with Crippen LogP contribution in [0.2, 0.25) is 0 Å². The lowest BCUT2D eigenvalue weighted by Crippen LogP contribution is -2.45. The summed E-state index contributed by atoms with van der Waals surface area (Å²) in [4.78, 5) is 21.9. The molecule has 0 aliphatic heterocycles. The van der Waals surface area contributed by atoms with Gasteiger partial charge in [-0.2, -0.15) is 0 Å². The molecule has 0 N–H and O–H groups in total. The fraction of sp³-hybridized carbons (Fsp3) is 0.545. The van der Waals surface area contributed by atoms with Crippen molar-refractivity contribution in [1.82, 2.24) is 14.9 Å². The van der Waals surface area contributed by atoms with Gasteiger partial charge in [-0.15, -0.1) is 0 Å². The molecule has 1 amide bonds. The van der Waals surface area contributed by atoms with Crippen molar-refractivity contribution in [2.75, 3.05) is 11.9 Å². The van der Waals surface area contributed by atoms with Gasteiger partial charge in [0.05, 0.1) is 5.56 Å². The normalized spacial score (nSPS) is 15.6. The van der Waals surface area contributed by atoms with Gasteiger partial charge in [-0.25, -0.2) is 9.97 Å². The van der Waals surface area contributed by atoms with Gasteiger partial charge >= 0.3 is 0 Å². The maximum atomic E-state index is 12.2. The first-order chi connectivity index (χ1) is 7.83. The second kappa shape index (κ2) is 5.39. The molecule has 0 saturated heterocycles. The molecule has 4 nitrogen and oxygen atoms in total. The van der Waals surface area contributed by atoms with Crippen LogP contribution in [0.3, 0.4) is 0 Å². The highest BCUT2D eigenvalue weighted by Crippen LogP contribution is 2.25. The minimum absolute atomic E-state index is 0.0461. The number of rotatable bonds is 4. The zero-order valence-corrected chi connectivity index (χ0v) is 10.6. The molecule has 0 atom stereocenters. The van der Waals surface area contributed by atoms with Gasteiger partial charge in [0.15, 0.2) is 0 Å². The highest BCUT2D eigenvalue weighted by atomic mass is 79.9. The van der Waals surface area contributed by atoms with Gasteiger partial charge in [0.1, 0.15) is 6.33 Å². The summed E-state index contributed by atoms with van der Waals surface area (Å²) >= 11 is 3.39. The molecule has 0 bridgehead atoms. The van der Waals surface area contributed by atoms with E-state index in [2.05, 4.69) is 25.9 Å². The molecule has 0 radical (unpaired) electrons. The number of hydrogen-bond donors (Lipinski definition) is 0. The standard InChI is InChI=1S/C11H14BrN3O/c12-4-5-15(10-2-1-3-10)11(16)9-6-13-8-14-7-9/h6-8,10H,1-5H2. The monoisotopic (exact) mass is 283 g/mol. The lowest BCUT2D eigenvalue weighted by Gasteiger charge is -2.37. The van der Waals surface area contributed by atoms with Gasteiger partial charge in [-0.1, -0.05) is 15.9 Å². The van der Waals surface area contributed by atoms with Gasteiger partial charge in [0.2, 0.25) is 0 Å². The fourth-order valence-electron chi connectivity index (χ4n) is 1.81. The third-order valence-corrected chi connectivity index (χ3v) is 3.26. The van der Waals surface area contributed by atoms with Gasteiger partial charge in [0.25, 0.3) is 5.91 Å². The predicted molar refractivity (Wildman–Crippen MR) is 64.5 cm³/mol. The van der Waals surface area contributed by atoms with Crippen LogP contribution < -0.4 is 0 Å². The summed E-state index contributed by atoms with van der Waals surface area (Å²) in [5.74, 6) is 0.0461. The van der Waals surface area contributed by atoms with Crippen LogP contribution in [-0.2, 0) is 0 Å². The molecule has 16 heavy (non-hydrogen) atoms. The smallest absolute Gasteiger partial charge is 0.257 e. The van der Waals surface area contributed by atoms with E-state index in [1.54, 1.807) is 12.4 Å². The van der Waals surface area contributed by atoms with E-state index in [4.69, 9.17) is 0 Å². The number of amides is 1. The van der Waals surface area contributed by atoms with Gasteiger partial charge < -0.3 is 4.90 Å². The van der Waals surface area contributed by atoms with Crippen molar-refractivity contribution < 1.29 is 4.79 Å². The molecule has 5 heteroatoms. The molecule has 2 rings (SSSR count). The van der Waals surface area contributed by atoms with Gasteiger partial charge in [-0.3, -0.25) is 4.79 Å². The van der Waals surface area contributed by atoms with Crippen LogP contribution in [0, 0.1) is 0 Å². The molecule has 0 unspecified atom stereocenters. The molecule has 86 valence electrons. The topological polar surface area (TPSA) is 46.1 Å². The van der Waals surface area contributed by atoms with Crippen LogP contribution in [0.5, 0.6) is 0 Å². The van der Waals surface area contributed by atoms with Crippen molar-refractivity contribution >= 4 is 21.8 Å². The highest BCUT2D eigenvalue weighted by molar-refractivity contribution is 9.09. The van der Waals surface area contributed by atoms with Crippen LogP contribution >= 0.6 is 15.9 Å². The first kappa shape index (κ1) is 11.5. The summed E-state index contributed by atoms with van der Waals surface area (Å²) < 4.78 is 0. The molecular weight excluding hydrogens is 270 g/mol. The van der Waals surface area contributed by atoms with Crippen molar-refractivity contribution in [3.63, 3.8) is 0 Å². The van der Waals surface area contributed by atoms with Crippen LogP contribution in [0.4, 0.5) is 0 Å². The molecule has 1 aliphatic rings. The molecule has 1 fully saturated rings. The quantitative estimate of drug-likeness (QED) is 0.793. The number of alkyl halides is 1. The van der Waals surface area contributed by atoms with Crippen molar-refractivity contribution in [3.8, 4) is 0 Å². The molecule has 0 spiro atoms. The fourth-order valence-corrected chi connectivity index (χ4v) is 2.20. The molecule has 0 aromatic carbocycles. The Balaban J connectivity index is 2.10. The Kier molecular flexibility index (Phi) is 3.88. The molecule has 1 aromatic heterocycles. The molecular formula is C11H14BrN3O. The summed E-state index contributed by atoms with van der Waals surface area (Å²) in [5.41, 5.74) is 0.579. The highest BCUT2D eigenvalue weighted by Gasteiger charge is 2.28. The van der Waals surface area contributed by atoms with E-state index in [-0.39, 0.29) is 5.91 Å². The van der Waals surface area contributed by atoms with Crippen molar-refractivity contribution in [3.05, 3.63) is 24.3 Å². The van der Waals surface area contributed by atoms with Crippen molar-refractivity contribution in [2.24, 2.45) is 0 Å². The zero-order chi connectivity index (χ0) is 11.4. The SMILES string of the molecule is O=C(c1cncnc1)N(CCBr)C1CCC1. The van der Waals surface area contributed by atoms with Gasteiger partial charge in [0, 0.05) is 30.3 Å². The van der Waals surface area contributed by atoms with E-state index >= 15 is 0 Å². The second-order valence-electron chi connectivity index (χ2n) is 3.90. The first-order valence-corrected chi connectivity index (χ1v) is 6.57. The second-order valence-corrected chi connectivity index (χ2v) is 4.69. The summed E-state index contributed by atoms with van der Waals surface area (Å²) in [6, 6.07) is 0.408. The van der Waals surface area contributed by atoms with E-state index in [0.29, 0.717) is 11.6 Å². The minimum atomic E-state index is 0.0461. The largest absolute Gasteiger partial charge is 0.335 e. The number of halogens is 1. The third-order valence-electron chi connectivity index (χ3n) is 2.91. The minimum Gasteiger partial charge on any atom is -0.335 e. The number of carbonyl (C=O) groups excluding carboxylic acids is 1. The number of aromatic nitrogens is 2. The van der Waals surface area contributed by atoms with Crippen LogP contribution in [0.25, 0.3) is 0 Å². The summed E-state index contributed by atoms with van der Waals surface area (Å²) in [6.45, 7) is 0.748. The zero-order valence-electron chi connectivity index (χ0n) is 8.97. The summed E-state index contributed by atoms with van der Waals surface area (Å²) in [6.07, 6.45) is 8.06. The molecule has 1 aliphatic carbocycles. The maximum absolute atomic E-state index is 12.2. The molecule has 1 heterocycles.